The predicted molar refractivity (Wildman–Crippen MR) is 107 cm³/mol. The molecular formula is C24H24FNO2. The summed E-state index contributed by atoms with van der Waals surface area (Å²) in [6.07, 6.45) is 5.60. The molecule has 0 saturated carbocycles. The number of piperidine rings is 3. The Morgan fingerprint density at radius 3 is 2.71 bits per heavy atom. The first-order chi connectivity index (χ1) is 13.6. The third kappa shape index (κ3) is 2.87. The zero-order valence-electron chi connectivity index (χ0n) is 16.0. The maximum absolute atomic E-state index is 13.5. The van der Waals surface area contributed by atoms with Crippen LogP contribution < -0.4 is 0 Å². The van der Waals surface area contributed by atoms with E-state index in [0.717, 1.165) is 36.1 Å². The van der Waals surface area contributed by atoms with Gasteiger partial charge in [-0.15, -0.1) is 0 Å². The number of fused-ring (bicyclic) bond motifs is 1. The summed E-state index contributed by atoms with van der Waals surface area (Å²) >= 11 is 0. The van der Waals surface area contributed by atoms with Gasteiger partial charge in [0.25, 0.3) is 0 Å². The second kappa shape index (κ2) is 6.85. The van der Waals surface area contributed by atoms with E-state index in [4.69, 9.17) is 4.74 Å². The van der Waals surface area contributed by atoms with Gasteiger partial charge in [-0.3, -0.25) is 9.69 Å². The molecular weight excluding hydrogens is 353 g/mol. The summed E-state index contributed by atoms with van der Waals surface area (Å²) in [7, 11) is 1.50. The Labute approximate surface area is 164 Å². The molecule has 4 aliphatic heterocycles. The summed E-state index contributed by atoms with van der Waals surface area (Å²) in [5, 5.41) is 0. The Bertz CT molecular complexity index is 936. The zero-order chi connectivity index (χ0) is 19.3. The first-order valence-electron chi connectivity index (χ1n) is 10.0. The molecule has 0 spiro atoms. The Kier molecular flexibility index (Phi) is 4.31. The summed E-state index contributed by atoms with van der Waals surface area (Å²) in [6, 6.07) is 15.9. The van der Waals surface area contributed by atoms with E-state index in [1.165, 1.54) is 25.2 Å². The van der Waals surface area contributed by atoms with E-state index in [2.05, 4.69) is 23.1 Å². The van der Waals surface area contributed by atoms with Crippen molar-refractivity contribution in [1.29, 1.82) is 0 Å². The van der Waals surface area contributed by atoms with Crippen LogP contribution in [0.25, 0.3) is 17.2 Å². The Balaban J connectivity index is 1.42. The van der Waals surface area contributed by atoms with Crippen molar-refractivity contribution in [3.8, 4) is 11.1 Å². The van der Waals surface area contributed by atoms with Gasteiger partial charge in [0.2, 0.25) is 0 Å². The summed E-state index contributed by atoms with van der Waals surface area (Å²) in [6.45, 7) is 0.957. The van der Waals surface area contributed by atoms with Crippen molar-refractivity contribution in [3.05, 3.63) is 65.5 Å². The van der Waals surface area contributed by atoms with Crippen LogP contribution in [0.5, 0.6) is 0 Å². The summed E-state index contributed by atoms with van der Waals surface area (Å²) in [5.74, 6) is -0.0278. The molecule has 5 unspecified atom stereocenters. The summed E-state index contributed by atoms with van der Waals surface area (Å²) in [4.78, 5) is 15.0. The van der Waals surface area contributed by atoms with Crippen molar-refractivity contribution in [2.45, 2.75) is 31.3 Å². The molecule has 4 saturated heterocycles. The average molecular weight is 377 g/mol. The third-order valence-electron chi connectivity index (χ3n) is 6.80. The maximum atomic E-state index is 13.5. The first kappa shape index (κ1) is 17.6. The van der Waals surface area contributed by atoms with Gasteiger partial charge in [-0.2, -0.15) is 0 Å². The fourth-order valence-corrected chi connectivity index (χ4v) is 5.53. The number of rotatable bonds is 3. The number of benzene rings is 2. The van der Waals surface area contributed by atoms with Crippen molar-refractivity contribution in [2.24, 2.45) is 11.8 Å². The van der Waals surface area contributed by atoms with Gasteiger partial charge in [-0.1, -0.05) is 48.0 Å². The highest BCUT2D eigenvalue weighted by Gasteiger charge is 2.55. The van der Waals surface area contributed by atoms with Crippen LogP contribution in [0.3, 0.4) is 0 Å². The highest BCUT2D eigenvalue weighted by atomic mass is 19.1. The highest BCUT2D eigenvalue weighted by Crippen LogP contribution is 2.50. The van der Waals surface area contributed by atoms with Crippen LogP contribution in [-0.2, 0) is 9.53 Å². The lowest BCUT2D eigenvalue weighted by Crippen LogP contribution is -2.58. The van der Waals surface area contributed by atoms with Crippen molar-refractivity contribution < 1.29 is 13.9 Å². The van der Waals surface area contributed by atoms with Crippen LogP contribution in [0.15, 0.2) is 54.1 Å². The molecule has 4 heteroatoms. The van der Waals surface area contributed by atoms with Gasteiger partial charge in [0.15, 0.2) is 0 Å². The molecule has 28 heavy (non-hydrogen) atoms. The van der Waals surface area contributed by atoms with E-state index in [1.54, 1.807) is 12.1 Å². The van der Waals surface area contributed by atoms with Gasteiger partial charge in [-0.05, 0) is 54.0 Å². The number of methoxy groups -OCH3 is 1. The number of nitrogens with zero attached hydrogens (tertiary/aromatic N) is 1. The quantitative estimate of drug-likeness (QED) is 0.736. The normalized spacial score (nSPS) is 31.9. The number of hydrogen-bond donors (Lipinski definition) is 0. The lowest BCUT2D eigenvalue weighted by atomic mass is 9.71. The van der Waals surface area contributed by atoms with Gasteiger partial charge in [0, 0.05) is 18.6 Å². The van der Waals surface area contributed by atoms with Gasteiger partial charge in [0.05, 0.1) is 13.0 Å². The zero-order valence-corrected chi connectivity index (χ0v) is 16.0. The van der Waals surface area contributed by atoms with Crippen molar-refractivity contribution in [1.82, 2.24) is 4.90 Å². The lowest BCUT2D eigenvalue weighted by molar-refractivity contribution is -0.153. The molecule has 0 aliphatic carbocycles. The molecule has 4 fully saturated rings. The second-order valence-corrected chi connectivity index (χ2v) is 8.21. The monoisotopic (exact) mass is 377 g/mol. The van der Waals surface area contributed by atoms with Crippen LogP contribution in [0.4, 0.5) is 4.39 Å². The van der Waals surface area contributed by atoms with Crippen LogP contribution >= 0.6 is 0 Å². The van der Waals surface area contributed by atoms with Gasteiger partial charge < -0.3 is 4.74 Å². The van der Waals surface area contributed by atoms with Crippen molar-refractivity contribution in [2.75, 3.05) is 13.7 Å². The van der Waals surface area contributed by atoms with Crippen LogP contribution in [0.2, 0.25) is 0 Å². The maximum Gasteiger partial charge on any atom is 0.310 e. The van der Waals surface area contributed by atoms with Crippen molar-refractivity contribution >= 4 is 12.0 Å². The summed E-state index contributed by atoms with van der Waals surface area (Å²) in [5.41, 5.74) is 4.34. The van der Waals surface area contributed by atoms with Gasteiger partial charge >= 0.3 is 5.97 Å². The number of ether oxygens (including phenoxy) is 1. The van der Waals surface area contributed by atoms with Gasteiger partial charge in [-0.25, -0.2) is 4.39 Å². The minimum atomic E-state index is -0.223. The smallest absolute Gasteiger partial charge is 0.310 e. The van der Waals surface area contributed by atoms with E-state index in [1.807, 2.05) is 18.2 Å². The number of carbonyl (C=O) groups excluding carboxylic acids is 1. The van der Waals surface area contributed by atoms with Crippen LogP contribution in [0, 0.1) is 17.7 Å². The van der Waals surface area contributed by atoms with Gasteiger partial charge in [0.1, 0.15) is 5.82 Å². The third-order valence-corrected chi connectivity index (χ3v) is 6.80. The predicted octanol–water partition coefficient (Wildman–Crippen LogP) is 4.53. The SMILES string of the molecule is COC(=O)C1C2CC3CCC1N3C/C2=C\c1ccc(-c2cccc(F)c2)cc1. The molecule has 4 heterocycles. The molecule has 2 aromatic rings. The molecule has 2 aromatic carbocycles. The lowest BCUT2D eigenvalue weighted by Gasteiger charge is -2.50. The molecule has 3 nitrogen and oxygen atoms in total. The molecule has 0 N–H and O–H groups in total. The second-order valence-electron chi connectivity index (χ2n) is 8.21. The number of carbonyl (C=O) groups is 1. The average Bonchev–Trinajstić information content (AvgIpc) is 3.02. The van der Waals surface area contributed by atoms with Crippen LogP contribution in [-0.4, -0.2) is 36.6 Å². The summed E-state index contributed by atoms with van der Waals surface area (Å²) < 4.78 is 18.6. The molecule has 144 valence electrons. The molecule has 6 rings (SSSR count). The minimum absolute atomic E-state index is 0.0321. The largest absolute Gasteiger partial charge is 0.469 e. The number of halogens is 1. The van der Waals surface area contributed by atoms with Crippen LogP contribution in [0.1, 0.15) is 24.8 Å². The minimum Gasteiger partial charge on any atom is -0.469 e. The molecule has 0 aromatic heterocycles. The molecule has 0 amide bonds. The number of esters is 1. The Morgan fingerprint density at radius 1 is 1.14 bits per heavy atom. The number of hydrogen-bond acceptors (Lipinski definition) is 3. The Hall–Kier alpha value is -2.46. The van der Waals surface area contributed by atoms with E-state index >= 15 is 0 Å². The van der Waals surface area contributed by atoms with E-state index in [0.29, 0.717) is 12.1 Å². The molecule has 4 bridgehead atoms. The Morgan fingerprint density at radius 2 is 1.96 bits per heavy atom. The topological polar surface area (TPSA) is 29.5 Å². The van der Waals surface area contributed by atoms with E-state index < -0.39 is 0 Å². The standard InChI is InChI=1S/C24H24FNO2/c1-28-24(27)23-21-13-20-9-10-22(23)26(20)14-18(21)11-15-5-7-16(8-6-15)17-3-2-4-19(25)12-17/h2-8,11-12,20-23H,9-10,13-14H2,1H3/b18-11+. The fourth-order valence-electron chi connectivity index (χ4n) is 5.53. The highest BCUT2D eigenvalue weighted by molar-refractivity contribution is 5.76. The first-order valence-corrected chi connectivity index (χ1v) is 10.0. The fraction of sp³-hybridized carbons (Fsp3) is 0.375. The van der Waals surface area contributed by atoms with E-state index in [9.17, 15) is 9.18 Å². The molecule has 0 radical (unpaired) electrons. The van der Waals surface area contributed by atoms with Crippen molar-refractivity contribution in [3.63, 3.8) is 0 Å². The van der Waals surface area contributed by atoms with E-state index in [-0.39, 0.29) is 23.6 Å². The molecule has 5 atom stereocenters. The molecule has 4 aliphatic rings.